The lowest BCUT2D eigenvalue weighted by Gasteiger charge is -2.18. The molecule has 0 aromatic rings. The van der Waals surface area contributed by atoms with Crippen LogP contribution in [0.1, 0.15) is 6.92 Å². The molecule has 0 radical (unpaired) electrons. The maximum atomic E-state index is 12.2. The predicted octanol–water partition coefficient (Wildman–Crippen LogP) is 0.681. The highest BCUT2D eigenvalue weighted by atomic mass is 19.4. The summed E-state index contributed by atoms with van der Waals surface area (Å²) in [6, 6.07) is 0. The summed E-state index contributed by atoms with van der Waals surface area (Å²) in [6.45, 7) is 0.469. The first-order chi connectivity index (χ1) is 6.09. The van der Waals surface area contributed by atoms with Gasteiger partial charge in [-0.15, -0.1) is 0 Å². The summed E-state index contributed by atoms with van der Waals surface area (Å²) in [6.07, 6.45) is -7.11. The molecule has 8 heteroatoms. The molecule has 1 unspecified atom stereocenters. The Balaban J connectivity index is 4.38. The maximum absolute atomic E-state index is 12.2. The zero-order valence-electron chi connectivity index (χ0n) is 7.03. The molecule has 0 spiro atoms. The van der Waals surface area contributed by atoms with Crippen LogP contribution in [0.25, 0.3) is 0 Å². The lowest BCUT2D eigenvalue weighted by molar-refractivity contribution is -0.269. The van der Waals surface area contributed by atoms with E-state index in [0.717, 1.165) is 6.92 Å². The predicted molar refractivity (Wildman–Crippen MR) is 35.7 cm³/mol. The van der Waals surface area contributed by atoms with Crippen LogP contribution in [0.3, 0.4) is 0 Å². The van der Waals surface area contributed by atoms with Crippen LogP contribution in [-0.2, 0) is 4.79 Å². The van der Waals surface area contributed by atoms with Crippen molar-refractivity contribution < 1.29 is 31.9 Å². The lowest BCUT2D eigenvalue weighted by Crippen LogP contribution is -2.51. The van der Waals surface area contributed by atoms with Gasteiger partial charge in [-0.3, -0.25) is 4.79 Å². The molecule has 0 fully saturated rings. The molecule has 0 rings (SSSR count). The molecule has 1 amide bonds. The molecule has 0 aromatic heterocycles. The molecule has 3 nitrogen and oxygen atoms in total. The van der Waals surface area contributed by atoms with Gasteiger partial charge < -0.3 is 10.4 Å². The van der Waals surface area contributed by atoms with E-state index >= 15 is 0 Å². The van der Waals surface area contributed by atoms with Crippen molar-refractivity contribution in [1.82, 2.24) is 5.32 Å². The minimum absolute atomic E-state index is 0.662. The van der Waals surface area contributed by atoms with Crippen molar-refractivity contribution in [2.45, 2.75) is 25.1 Å². The molecule has 84 valence electrons. The summed E-state index contributed by atoms with van der Waals surface area (Å²) in [4.78, 5) is 10.3. The summed E-state index contributed by atoms with van der Waals surface area (Å²) < 4.78 is 58.9. The van der Waals surface area contributed by atoms with E-state index in [1.54, 1.807) is 0 Å². The fourth-order valence-electron chi connectivity index (χ4n) is 0.480. The van der Waals surface area contributed by atoms with Gasteiger partial charge in [0.05, 0.1) is 6.10 Å². The minimum Gasteiger partial charge on any atom is -0.392 e. The zero-order chi connectivity index (χ0) is 11.6. The molecule has 0 aliphatic heterocycles. The highest BCUT2D eigenvalue weighted by molar-refractivity contribution is 5.84. The Morgan fingerprint density at radius 2 is 1.79 bits per heavy atom. The molecular weight excluding hydrogens is 213 g/mol. The quantitative estimate of drug-likeness (QED) is 0.688. The van der Waals surface area contributed by atoms with Gasteiger partial charge in [-0.05, 0) is 6.92 Å². The zero-order valence-corrected chi connectivity index (χ0v) is 7.03. The van der Waals surface area contributed by atoms with Gasteiger partial charge >= 0.3 is 12.1 Å². The fourth-order valence-corrected chi connectivity index (χ4v) is 0.480. The highest BCUT2D eigenvalue weighted by Gasteiger charge is 2.63. The molecular formula is C6H8F5NO2. The van der Waals surface area contributed by atoms with Crippen molar-refractivity contribution in [2.75, 3.05) is 6.54 Å². The summed E-state index contributed by atoms with van der Waals surface area (Å²) in [5.41, 5.74) is 0. The van der Waals surface area contributed by atoms with Gasteiger partial charge in [0.15, 0.2) is 0 Å². The molecule has 14 heavy (non-hydrogen) atoms. The monoisotopic (exact) mass is 221 g/mol. The molecule has 0 aliphatic rings. The number of rotatable bonds is 3. The summed E-state index contributed by atoms with van der Waals surface area (Å²) in [7, 11) is 0. The second kappa shape index (κ2) is 4.07. The summed E-state index contributed by atoms with van der Waals surface area (Å²) in [5.74, 6) is -7.90. The van der Waals surface area contributed by atoms with E-state index in [-0.39, 0.29) is 0 Å². The van der Waals surface area contributed by atoms with E-state index in [2.05, 4.69) is 0 Å². The van der Waals surface area contributed by atoms with Crippen molar-refractivity contribution in [1.29, 1.82) is 0 Å². The number of carbonyl (C=O) groups is 1. The Hall–Kier alpha value is -0.920. The number of carbonyl (C=O) groups excluding carboxylic acids is 1. The Bertz CT molecular complexity index is 213. The first-order valence-corrected chi connectivity index (χ1v) is 3.50. The van der Waals surface area contributed by atoms with E-state index in [1.165, 1.54) is 5.32 Å². The van der Waals surface area contributed by atoms with Gasteiger partial charge in [0, 0.05) is 6.54 Å². The van der Waals surface area contributed by atoms with Gasteiger partial charge in [0.25, 0.3) is 5.91 Å². The standard InChI is InChI=1S/C6H8F5NO2/c1-3(13)2-12-4(14)5(7,8)6(9,10)11/h3,13H,2H2,1H3,(H,12,14). The summed E-state index contributed by atoms with van der Waals surface area (Å²) in [5, 5.41) is 9.80. The second-order valence-electron chi connectivity index (χ2n) is 2.63. The number of alkyl halides is 5. The lowest BCUT2D eigenvalue weighted by atomic mass is 10.3. The van der Waals surface area contributed by atoms with Crippen molar-refractivity contribution in [3.8, 4) is 0 Å². The van der Waals surface area contributed by atoms with E-state index < -0.39 is 30.7 Å². The molecule has 0 aliphatic carbocycles. The second-order valence-corrected chi connectivity index (χ2v) is 2.63. The van der Waals surface area contributed by atoms with Crippen LogP contribution in [-0.4, -0.2) is 35.8 Å². The van der Waals surface area contributed by atoms with E-state index in [4.69, 9.17) is 5.11 Å². The van der Waals surface area contributed by atoms with Gasteiger partial charge in [0.2, 0.25) is 0 Å². The topological polar surface area (TPSA) is 49.3 Å². The van der Waals surface area contributed by atoms with Crippen molar-refractivity contribution in [2.24, 2.45) is 0 Å². The molecule has 0 saturated carbocycles. The van der Waals surface area contributed by atoms with Crippen LogP contribution in [0.4, 0.5) is 22.0 Å². The molecule has 1 atom stereocenters. The van der Waals surface area contributed by atoms with E-state index in [0.29, 0.717) is 0 Å². The number of hydrogen-bond acceptors (Lipinski definition) is 2. The van der Waals surface area contributed by atoms with Crippen molar-refractivity contribution >= 4 is 5.91 Å². The Labute approximate surface area is 75.9 Å². The average Bonchev–Trinajstić information content (AvgIpc) is 1.97. The maximum Gasteiger partial charge on any atom is 0.463 e. The SMILES string of the molecule is CC(O)CNC(=O)C(F)(F)C(F)(F)F. The van der Waals surface area contributed by atoms with Gasteiger partial charge in [-0.25, -0.2) is 0 Å². The van der Waals surface area contributed by atoms with Crippen molar-refractivity contribution in [3.05, 3.63) is 0 Å². The minimum atomic E-state index is -5.92. The largest absolute Gasteiger partial charge is 0.463 e. The normalized spacial score (nSPS) is 15.1. The Kier molecular flexibility index (Phi) is 3.81. The fraction of sp³-hybridized carbons (Fsp3) is 0.833. The van der Waals surface area contributed by atoms with E-state index in [9.17, 15) is 26.7 Å². The van der Waals surface area contributed by atoms with Crippen LogP contribution >= 0.6 is 0 Å². The molecule has 0 bridgehead atoms. The Morgan fingerprint density at radius 3 is 2.07 bits per heavy atom. The molecule has 0 heterocycles. The van der Waals surface area contributed by atoms with Gasteiger partial charge in [-0.1, -0.05) is 0 Å². The summed E-state index contributed by atoms with van der Waals surface area (Å²) >= 11 is 0. The molecule has 0 aromatic carbocycles. The van der Waals surface area contributed by atoms with Crippen LogP contribution in [0.15, 0.2) is 0 Å². The van der Waals surface area contributed by atoms with Crippen LogP contribution in [0.2, 0.25) is 0 Å². The van der Waals surface area contributed by atoms with Gasteiger partial charge in [-0.2, -0.15) is 22.0 Å². The third-order valence-corrected chi connectivity index (χ3v) is 1.20. The van der Waals surface area contributed by atoms with Crippen LogP contribution in [0.5, 0.6) is 0 Å². The van der Waals surface area contributed by atoms with Crippen LogP contribution in [0, 0.1) is 0 Å². The van der Waals surface area contributed by atoms with Crippen LogP contribution < -0.4 is 5.32 Å². The number of hydrogen-bond donors (Lipinski definition) is 2. The average molecular weight is 221 g/mol. The smallest absolute Gasteiger partial charge is 0.392 e. The van der Waals surface area contributed by atoms with Crippen molar-refractivity contribution in [3.63, 3.8) is 0 Å². The number of aliphatic hydroxyl groups is 1. The number of aliphatic hydroxyl groups excluding tert-OH is 1. The number of halogens is 5. The molecule has 2 N–H and O–H groups in total. The number of nitrogens with one attached hydrogen (secondary N) is 1. The Morgan fingerprint density at radius 1 is 1.36 bits per heavy atom. The number of amides is 1. The first-order valence-electron chi connectivity index (χ1n) is 3.50. The molecule has 0 saturated heterocycles. The highest BCUT2D eigenvalue weighted by Crippen LogP contribution is 2.35. The third kappa shape index (κ3) is 3.09. The van der Waals surface area contributed by atoms with E-state index in [1.807, 2.05) is 0 Å². The van der Waals surface area contributed by atoms with Gasteiger partial charge in [0.1, 0.15) is 0 Å². The first kappa shape index (κ1) is 13.1. The third-order valence-electron chi connectivity index (χ3n) is 1.20.